The minimum Gasteiger partial charge on any atom is -0.361 e. The zero-order valence-corrected chi connectivity index (χ0v) is 17.6. The Hall–Kier alpha value is -3.97. The molecule has 0 saturated carbocycles. The van der Waals surface area contributed by atoms with Gasteiger partial charge in [0.2, 0.25) is 5.91 Å². The number of carbonyl (C=O) groups is 2. The second-order valence-electron chi connectivity index (χ2n) is 7.94. The number of likely N-dealkylation sites (tertiary alicyclic amines) is 1. The van der Waals surface area contributed by atoms with Crippen molar-refractivity contribution < 1.29 is 18.4 Å². The highest BCUT2D eigenvalue weighted by atomic mass is 19.1. The van der Waals surface area contributed by atoms with Gasteiger partial charge in [-0.2, -0.15) is 5.26 Å². The number of hydrogen-bond acceptors (Lipinski definition) is 4. The Kier molecular flexibility index (Phi) is 6.24. The van der Waals surface area contributed by atoms with Crippen molar-refractivity contribution in [1.82, 2.24) is 9.88 Å². The highest BCUT2D eigenvalue weighted by Gasteiger charge is 2.31. The Bertz CT molecular complexity index is 1230. The van der Waals surface area contributed by atoms with Crippen LogP contribution in [0.3, 0.4) is 0 Å². The fourth-order valence-electron chi connectivity index (χ4n) is 4.05. The maximum atomic E-state index is 13.3. The van der Waals surface area contributed by atoms with Gasteiger partial charge >= 0.3 is 6.03 Å². The van der Waals surface area contributed by atoms with Crippen LogP contribution in [0.2, 0.25) is 0 Å². The number of amides is 3. The van der Waals surface area contributed by atoms with Gasteiger partial charge in [-0.25, -0.2) is 13.6 Å². The number of aromatic nitrogens is 1. The second kappa shape index (κ2) is 9.26. The lowest BCUT2D eigenvalue weighted by Crippen LogP contribution is -2.46. The molecule has 0 radical (unpaired) electrons. The summed E-state index contributed by atoms with van der Waals surface area (Å²) in [5.74, 6) is -1.86. The van der Waals surface area contributed by atoms with Gasteiger partial charge < -0.3 is 26.3 Å². The first-order valence-electron chi connectivity index (χ1n) is 10.4. The first-order valence-corrected chi connectivity index (χ1v) is 10.4. The molecule has 3 amide bonds. The van der Waals surface area contributed by atoms with E-state index in [1.54, 1.807) is 24.4 Å². The molecule has 5 N–H and O–H groups in total. The fraction of sp³-hybridized carbons (Fsp3) is 0.261. The number of fused-ring (bicyclic) bond motifs is 1. The number of nitrogens with one attached hydrogen (secondary N) is 3. The van der Waals surface area contributed by atoms with Gasteiger partial charge in [-0.05, 0) is 55.2 Å². The van der Waals surface area contributed by atoms with Gasteiger partial charge in [-0.15, -0.1) is 0 Å². The first kappa shape index (κ1) is 22.2. The van der Waals surface area contributed by atoms with Crippen molar-refractivity contribution in [3.05, 3.63) is 59.8 Å². The molecule has 0 aliphatic carbocycles. The minimum absolute atomic E-state index is 0.0181. The van der Waals surface area contributed by atoms with E-state index in [-0.39, 0.29) is 18.0 Å². The van der Waals surface area contributed by atoms with Crippen LogP contribution >= 0.6 is 0 Å². The molecule has 170 valence electrons. The Morgan fingerprint density at radius 3 is 2.64 bits per heavy atom. The number of H-pyrrole nitrogens is 1. The van der Waals surface area contributed by atoms with Crippen LogP contribution in [0, 0.1) is 23.0 Å². The lowest BCUT2D eigenvalue weighted by Gasteiger charge is -2.23. The number of rotatable bonds is 5. The first-order chi connectivity index (χ1) is 15.8. The third kappa shape index (κ3) is 4.94. The molecule has 4 rings (SSSR count). The summed E-state index contributed by atoms with van der Waals surface area (Å²) in [4.78, 5) is 29.6. The Morgan fingerprint density at radius 1 is 1.18 bits per heavy atom. The Balaban J connectivity index is 1.46. The molecule has 0 bridgehead atoms. The quantitative estimate of drug-likeness (QED) is 0.473. The largest absolute Gasteiger partial charge is 0.361 e. The van der Waals surface area contributed by atoms with Crippen LogP contribution in [0.25, 0.3) is 10.9 Å². The third-order valence-electron chi connectivity index (χ3n) is 5.59. The maximum Gasteiger partial charge on any atom is 0.323 e. The highest BCUT2D eigenvalue weighted by Crippen LogP contribution is 2.25. The number of nitrogens with zero attached hydrogens (tertiary/aromatic N) is 2. The molecular formula is C23H22F2N6O2. The van der Waals surface area contributed by atoms with Gasteiger partial charge in [0.1, 0.15) is 17.7 Å². The third-order valence-corrected chi connectivity index (χ3v) is 5.59. The van der Waals surface area contributed by atoms with E-state index in [0.29, 0.717) is 24.7 Å². The molecule has 1 fully saturated rings. The van der Waals surface area contributed by atoms with Gasteiger partial charge in [0.05, 0.1) is 12.1 Å². The van der Waals surface area contributed by atoms with E-state index in [4.69, 9.17) is 5.73 Å². The number of carbonyl (C=O) groups excluding carboxylic acids is 2. The molecule has 2 atom stereocenters. The lowest BCUT2D eigenvalue weighted by molar-refractivity contribution is -0.132. The average molecular weight is 452 g/mol. The van der Waals surface area contributed by atoms with Crippen molar-refractivity contribution in [3.63, 3.8) is 0 Å². The van der Waals surface area contributed by atoms with Gasteiger partial charge in [-0.3, -0.25) is 4.79 Å². The number of nitrogens with two attached hydrogens (primary N) is 1. The number of urea groups is 1. The normalized spacial score (nSPS) is 16.4. The molecule has 33 heavy (non-hydrogen) atoms. The summed E-state index contributed by atoms with van der Waals surface area (Å²) in [6.45, 7) is 0.525. The van der Waals surface area contributed by atoms with E-state index in [1.165, 1.54) is 4.90 Å². The summed E-state index contributed by atoms with van der Waals surface area (Å²) in [7, 11) is 0. The summed E-state index contributed by atoms with van der Waals surface area (Å²) >= 11 is 0. The van der Waals surface area contributed by atoms with Crippen LogP contribution in [0.1, 0.15) is 18.4 Å². The summed E-state index contributed by atoms with van der Waals surface area (Å²) in [6, 6.07) is 8.11. The van der Waals surface area contributed by atoms with Crippen LogP contribution in [-0.2, 0) is 11.2 Å². The lowest BCUT2D eigenvalue weighted by atomic mass is 10.0. The van der Waals surface area contributed by atoms with Crippen molar-refractivity contribution in [2.24, 2.45) is 5.73 Å². The van der Waals surface area contributed by atoms with Gasteiger partial charge in [0.25, 0.3) is 0 Å². The standard InChI is InChI=1S/C23H22F2N6O2/c24-14-7-15(25)9-17(8-14)30-23(33)29-16-3-4-21-19(10-16)13(12-28-21)6-20(27)22(32)31-5-1-2-18(31)11-26/h3-4,7-10,12,18,20,28H,1-2,5-6,27H2,(H2,29,30,33)/t18-,20+/m1/s1. The molecule has 3 aromatic rings. The molecule has 1 aliphatic heterocycles. The molecule has 10 heteroatoms. The number of benzene rings is 2. The predicted molar refractivity (Wildman–Crippen MR) is 119 cm³/mol. The highest BCUT2D eigenvalue weighted by molar-refractivity contribution is 6.01. The Labute approximate surface area is 188 Å². The molecule has 2 heterocycles. The van der Waals surface area contributed by atoms with E-state index >= 15 is 0 Å². The molecule has 0 spiro atoms. The zero-order chi connectivity index (χ0) is 23.5. The average Bonchev–Trinajstić information content (AvgIpc) is 3.39. The van der Waals surface area contributed by atoms with Crippen LogP contribution in [0.15, 0.2) is 42.6 Å². The van der Waals surface area contributed by atoms with E-state index in [1.807, 2.05) is 0 Å². The smallest absolute Gasteiger partial charge is 0.323 e. The van der Waals surface area contributed by atoms with E-state index in [2.05, 4.69) is 21.7 Å². The zero-order valence-electron chi connectivity index (χ0n) is 17.6. The summed E-state index contributed by atoms with van der Waals surface area (Å²) in [6.07, 6.45) is 3.44. The summed E-state index contributed by atoms with van der Waals surface area (Å²) in [5.41, 5.74) is 8.18. The van der Waals surface area contributed by atoms with Crippen molar-refractivity contribution in [2.45, 2.75) is 31.3 Å². The van der Waals surface area contributed by atoms with Crippen LogP contribution < -0.4 is 16.4 Å². The van der Waals surface area contributed by atoms with Crippen LogP contribution in [0.4, 0.5) is 25.0 Å². The molecule has 0 unspecified atom stereocenters. The topological polar surface area (TPSA) is 127 Å². The fourth-order valence-corrected chi connectivity index (χ4v) is 4.05. The molecular weight excluding hydrogens is 430 g/mol. The second-order valence-corrected chi connectivity index (χ2v) is 7.94. The van der Waals surface area contributed by atoms with Crippen LogP contribution in [0.5, 0.6) is 0 Å². The maximum absolute atomic E-state index is 13.3. The monoisotopic (exact) mass is 452 g/mol. The summed E-state index contributed by atoms with van der Waals surface area (Å²) in [5, 5.41) is 15.0. The Morgan fingerprint density at radius 2 is 1.91 bits per heavy atom. The molecule has 1 saturated heterocycles. The number of hydrogen-bond donors (Lipinski definition) is 4. The molecule has 1 aliphatic rings. The van der Waals surface area contributed by atoms with E-state index in [0.717, 1.165) is 35.0 Å². The number of halogens is 2. The van der Waals surface area contributed by atoms with Crippen molar-refractivity contribution in [1.29, 1.82) is 5.26 Å². The van der Waals surface area contributed by atoms with Gasteiger partial charge in [-0.1, -0.05) is 0 Å². The molecule has 8 nitrogen and oxygen atoms in total. The SMILES string of the molecule is N#C[C@H]1CCCN1C(=O)[C@@H](N)Cc1c[nH]c2ccc(NC(=O)Nc3cc(F)cc(F)c3)cc12. The van der Waals surface area contributed by atoms with E-state index in [9.17, 15) is 23.6 Å². The molecule has 2 aromatic carbocycles. The van der Waals surface area contributed by atoms with Crippen molar-refractivity contribution >= 4 is 34.2 Å². The van der Waals surface area contributed by atoms with E-state index < -0.39 is 29.7 Å². The number of aromatic amines is 1. The molecule has 1 aromatic heterocycles. The summed E-state index contributed by atoms with van der Waals surface area (Å²) < 4.78 is 26.6. The number of anilines is 2. The van der Waals surface area contributed by atoms with Crippen molar-refractivity contribution in [2.75, 3.05) is 17.2 Å². The number of nitriles is 1. The van der Waals surface area contributed by atoms with Gasteiger partial charge in [0, 0.05) is 41.1 Å². The van der Waals surface area contributed by atoms with Crippen molar-refractivity contribution in [3.8, 4) is 6.07 Å². The predicted octanol–water partition coefficient (Wildman–Crippen LogP) is 3.47. The van der Waals surface area contributed by atoms with Gasteiger partial charge in [0.15, 0.2) is 0 Å². The minimum atomic E-state index is -0.805. The van der Waals surface area contributed by atoms with Crippen LogP contribution in [-0.4, -0.2) is 40.5 Å².